The SMILES string of the molecule is COC[C@@H](C)NC(=O)C1=C(N)[C@H](C(=O)Nc2ccccc2C(=O)c2ccccc2)SC1=Nc1ccc(Cl)cc1. The summed E-state index contributed by atoms with van der Waals surface area (Å²) in [7, 11) is 1.54. The van der Waals surface area contributed by atoms with Gasteiger partial charge in [-0.25, -0.2) is 4.99 Å². The molecule has 39 heavy (non-hydrogen) atoms. The van der Waals surface area contributed by atoms with Crippen LogP contribution in [0.4, 0.5) is 11.4 Å². The van der Waals surface area contributed by atoms with Gasteiger partial charge in [-0.05, 0) is 43.3 Å². The number of methoxy groups -OCH3 is 1. The van der Waals surface area contributed by atoms with Gasteiger partial charge in [0, 0.05) is 35.0 Å². The number of para-hydroxylation sites is 1. The standard InChI is InChI=1S/C29H27ClN4O4S/c1-17(16-38-2)32-27(36)23-24(31)26(39-29(23)33-20-14-12-19(30)13-15-20)28(37)34-22-11-7-6-10-21(22)25(35)18-8-4-3-5-9-18/h3-15,17,26H,16,31H2,1-2H3,(H,32,36)(H,34,37)/t17-,26-/m1/s1. The summed E-state index contributed by atoms with van der Waals surface area (Å²) in [5.74, 6) is -1.18. The molecule has 200 valence electrons. The number of aliphatic imine (C=N–C) groups is 1. The Labute approximate surface area is 235 Å². The maximum atomic E-state index is 13.5. The van der Waals surface area contributed by atoms with Gasteiger partial charge in [0.05, 0.1) is 23.6 Å². The molecule has 0 saturated carbocycles. The second-order valence-corrected chi connectivity index (χ2v) is 10.3. The van der Waals surface area contributed by atoms with Crippen LogP contribution >= 0.6 is 23.4 Å². The molecule has 4 rings (SSSR count). The third-order valence-corrected chi connectivity index (χ3v) is 7.27. The van der Waals surface area contributed by atoms with Gasteiger partial charge in [0.2, 0.25) is 5.91 Å². The minimum absolute atomic E-state index is 0.0687. The molecule has 3 aromatic carbocycles. The van der Waals surface area contributed by atoms with Crippen LogP contribution in [-0.2, 0) is 14.3 Å². The molecule has 2 amide bonds. The zero-order valence-corrected chi connectivity index (χ0v) is 22.9. The molecule has 0 aromatic heterocycles. The van der Waals surface area contributed by atoms with Gasteiger partial charge in [0.1, 0.15) is 10.3 Å². The van der Waals surface area contributed by atoms with Crippen molar-refractivity contribution >= 4 is 57.4 Å². The number of rotatable bonds is 9. The summed E-state index contributed by atoms with van der Waals surface area (Å²) in [6.07, 6.45) is 0. The third-order valence-electron chi connectivity index (χ3n) is 5.80. The molecule has 10 heteroatoms. The fraction of sp³-hybridized carbons (Fsp3) is 0.172. The highest BCUT2D eigenvalue weighted by Gasteiger charge is 2.39. The van der Waals surface area contributed by atoms with E-state index in [1.165, 1.54) is 7.11 Å². The van der Waals surface area contributed by atoms with E-state index >= 15 is 0 Å². The number of hydrogen-bond donors (Lipinski definition) is 3. The summed E-state index contributed by atoms with van der Waals surface area (Å²) in [5.41, 5.74) is 8.33. The van der Waals surface area contributed by atoms with Crippen molar-refractivity contribution in [3.63, 3.8) is 0 Å². The number of hydrogen-bond acceptors (Lipinski definition) is 7. The Kier molecular flexibility index (Phi) is 9.19. The number of carbonyl (C=O) groups excluding carboxylic acids is 3. The van der Waals surface area contributed by atoms with Crippen molar-refractivity contribution in [1.29, 1.82) is 0 Å². The lowest BCUT2D eigenvalue weighted by molar-refractivity contribution is -0.117. The molecule has 3 aromatic rings. The Morgan fingerprint density at radius 1 is 1.03 bits per heavy atom. The summed E-state index contributed by atoms with van der Waals surface area (Å²) in [4.78, 5) is 44.4. The van der Waals surface area contributed by atoms with E-state index in [1.807, 2.05) is 6.07 Å². The largest absolute Gasteiger partial charge is 0.400 e. The number of anilines is 1. The van der Waals surface area contributed by atoms with Crippen molar-refractivity contribution in [2.45, 2.75) is 18.2 Å². The predicted molar refractivity (Wildman–Crippen MR) is 156 cm³/mol. The average molecular weight is 563 g/mol. The Bertz CT molecular complexity index is 1440. The van der Waals surface area contributed by atoms with Gasteiger partial charge in [0.25, 0.3) is 5.91 Å². The highest BCUT2D eigenvalue weighted by atomic mass is 35.5. The van der Waals surface area contributed by atoms with Gasteiger partial charge in [-0.2, -0.15) is 0 Å². The van der Waals surface area contributed by atoms with Gasteiger partial charge in [-0.3, -0.25) is 14.4 Å². The molecular weight excluding hydrogens is 536 g/mol. The Balaban J connectivity index is 1.64. The molecular formula is C29H27ClN4O4S. The van der Waals surface area contributed by atoms with E-state index in [2.05, 4.69) is 15.6 Å². The zero-order valence-electron chi connectivity index (χ0n) is 21.3. The van der Waals surface area contributed by atoms with Crippen LogP contribution in [0.1, 0.15) is 22.8 Å². The molecule has 0 unspecified atom stereocenters. The van der Waals surface area contributed by atoms with E-state index in [1.54, 1.807) is 79.7 Å². The van der Waals surface area contributed by atoms with E-state index in [0.29, 0.717) is 39.2 Å². The maximum absolute atomic E-state index is 13.5. The fourth-order valence-corrected chi connectivity index (χ4v) is 5.19. The number of thioether (sulfide) groups is 1. The number of amides is 2. The summed E-state index contributed by atoms with van der Waals surface area (Å²) in [6, 6.07) is 22.0. The lowest BCUT2D eigenvalue weighted by Gasteiger charge is -2.15. The van der Waals surface area contributed by atoms with Crippen LogP contribution in [0.3, 0.4) is 0 Å². The normalized spacial score (nSPS) is 16.7. The first kappa shape index (κ1) is 28.1. The van der Waals surface area contributed by atoms with E-state index in [9.17, 15) is 14.4 Å². The number of nitrogens with zero attached hydrogens (tertiary/aromatic N) is 1. The first-order valence-electron chi connectivity index (χ1n) is 12.1. The summed E-state index contributed by atoms with van der Waals surface area (Å²) in [6.45, 7) is 2.09. The summed E-state index contributed by atoms with van der Waals surface area (Å²) >= 11 is 7.06. The Morgan fingerprint density at radius 3 is 2.38 bits per heavy atom. The molecule has 0 saturated heterocycles. The van der Waals surface area contributed by atoms with E-state index in [-0.39, 0.29) is 23.1 Å². The number of ether oxygens (including phenoxy) is 1. The summed E-state index contributed by atoms with van der Waals surface area (Å²) in [5, 5.41) is 5.55. The van der Waals surface area contributed by atoms with Crippen LogP contribution in [0.25, 0.3) is 0 Å². The number of halogens is 1. The molecule has 0 bridgehead atoms. The predicted octanol–water partition coefficient (Wildman–Crippen LogP) is 4.72. The van der Waals surface area contributed by atoms with Gasteiger partial charge in [-0.15, -0.1) is 0 Å². The molecule has 1 aliphatic heterocycles. The van der Waals surface area contributed by atoms with Crippen LogP contribution in [0.15, 0.2) is 95.1 Å². The minimum atomic E-state index is -0.950. The molecule has 0 fully saturated rings. The van der Waals surface area contributed by atoms with Gasteiger partial charge < -0.3 is 21.1 Å². The van der Waals surface area contributed by atoms with Gasteiger partial charge in [-0.1, -0.05) is 65.8 Å². The number of nitrogens with one attached hydrogen (secondary N) is 2. The first-order valence-corrected chi connectivity index (χ1v) is 13.3. The van der Waals surface area contributed by atoms with Crippen molar-refractivity contribution in [2.24, 2.45) is 10.7 Å². The van der Waals surface area contributed by atoms with Crippen LogP contribution in [0.2, 0.25) is 5.02 Å². The quantitative estimate of drug-likeness (QED) is 0.324. The number of ketones is 1. The molecule has 0 spiro atoms. The lowest BCUT2D eigenvalue weighted by Crippen LogP contribution is -2.38. The molecule has 0 radical (unpaired) electrons. The lowest BCUT2D eigenvalue weighted by atomic mass is 10.0. The van der Waals surface area contributed by atoms with Crippen LogP contribution in [0, 0.1) is 0 Å². The van der Waals surface area contributed by atoms with Crippen LogP contribution in [0.5, 0.6) is 0 Å². The van der Waals surface area contributed by atoms with Crippen molar-refractivity contribution in [1.82, 2.24) is 5.32 Å². The van der Waals surface area contributed by atoms with Crippen molar-refractivity contribution in [2.75, 3.05) is 19.0 Å². The average Bonchev–Trinajstić information content (AvgIpc) is 3.26. The Hall–Kier alpha value is -3.92. The third kappa shape index (κ3) is 6.75. The van der Waals surface area contributed by atoms with Crippen LogP contribution < -0.4 is 16.4 Å². The van der Waals surface area contributed by atoms with E-state index < -0.39 is 17.1 Å². The monoisotopic (exact) mass is 562 g/mol. The number of carbonyl (C=O) groups is 3. The van der Waals surface area contributed by atoms with Gasteiger partial charge >= 0.3 is 0 Å². The van der Waals surface area contributed by atoms with Gasteiger partial charge in [0.15, 0.2) is 5.78 Å². The molecule has 0 aliphatic carbocycles. The topological polar surface area (TPSA) is 123 Å². The molecule has 2 atom stereocenters. The second kappa shape index (κ2) is 12.8. The summed E-state index contributed by atoms with van der Waals surface area (Å²) < 4.78 is 5.11. The van der Waals surface area contributed by atoms with Crippen molar-refractivity contribution in [3.05, 3.63) is 106 Å². The van der Waals surface area contributed by atoms with Crippen LogP contribution in [-0.4, -0.2) is 47.6 Å². The minimum Gasteiger partial charge on any atom is -0.400 e. The highest BCUT2D eigenvalue weighted by molar-refractivity contribution is 8.16. The van der Waals surface area contributed by atoms with E-state index in [4.69, 9.17) is 22.1 Å². The molecule has 1 heterocycles. The smallest absolute Gasteiger partial charge is 0.256 e. The van der Waals surface area contributed by atoms with Crippen molar-refractivity contribution < 1.29 is 19.1 Å². The molecule has 8 nitrogen and oxygen atoms in total. The Morgan fingerprint density at radius 2 is 1.69 bits per heavy atom. The number of nitrogens with two attached hydrogens (primary N) is 1. The first-order chi connectivity index (χ1) is 18.8. The second-order valence-electron chi connectivity index (χ2n) is 8.78. The zero-order chi connectivity index (χ0) is 27.9. The highest BCUT2D eigenvalue weighted by Crippen LogP contribution is 2.36. The van der Waals surface area contributed by atoms with Crippen molar-refractivity contribution in [3.8, 4) is 0 Å². The van der Waals surface area contributed by atoms with E-state index in [0.717, 1.165) is 11.8 Å². The molecule has 4 N–H and O–H groups in total. The number of benzene rings is 3. The fourth-order valence-electron chi connectivity index (χ4n) is 3.95. The maximum Gasteiger partial charge on any atom is 0.256 e. The molecule has 1 aliphatic rings.